The van der Waals surface area contributed by atoms with E-state index in [1.54, 1.807) is 22.6 Å². The van der Waals surface area contributed by atoms with E-state index in [2.05, 4.69) is 15.5 Å². The number of para-hydroxylation sites is 1. The van der Waals surface area contributed by atoms with Crippen LogP contribution in [-0.4, -0.2) is 57.2 Å². The first-order chi connectivity index (χ1) is 15.0. The molecule has 3 aromatic rings. The van der Waals surface area contributed by atoms with Gasteiger partial charge in [-0.2, -0.15) is 4.68 Å². The zero-order chi connectivity index (χ0) is 22.2. The predicted molar refractivity (Wildman–Crippen MR) is 118 cm³/mol. The van der Waals surface area contributed by atoms with Crippen molar-refractivity contribution in [3.63, 3.8) is 0 Å². The van der Waals surface area contributed by atoms with Crippen LogP contribution in [0, 0.1) is 5.92 Å². The first-order valence-corrected chi connectivity index (χ1v) is 10.9. The van der Waals surface area contributed by atoms with E-state index in [0.717, 1.165) is 10.6 Å². The van der Waals surface area contributed by atoms with Crippen molar-refractivity contribution in [3.05, 3.63) is 66.0 Å². The molecule has 0 saturated heterocycles. The lowest BCUT2D eigenvalue weighted by molar-refractivity contribution is -0.145. The number of tetrazole rings is 1. The summed E-state index contributed by atoms with van der Waals surface area (Å²) in [5.41, 5.74) is 1.46. The van der Waals surface area contributed by atoms with Crippen LogP contribution in [0.1, 0.15) is 30.0 Å². The lowest BCUT2D eigenvalue weighted by Crippen LogP contribution is -2.37. The van der Waals surface area contributed by atoms with E-state index in [9.17, 15) is 9.59 Å². The van der Waals surface area contributed by atoms with E-state index in [4.69, 9.17) is 4.74 Å². The number of hydrogen-bond donors (Lipinski definition) is 0. The van der Waals surface area contributed by atoms with E-state index in [1.165, 1.54) is 18.9 Å². The number of aromatic nitrogens is 4. The third-order valence-corrected chi connectivity index (χ3v) is 5.85. The minimum absolute atomic E-state index is 0.121. The number of carbonyl (C=O) groups is 2. The van der Waals surface area contributed by atoms with Crippen molar-refractivity contribution < 1.29 is 14.3 Å². The van der Waals surface area contributed by atoms with Crippen LogP contribution in [0.5, 0.6) is 0 Å². The van der Waals surface area contributed by atoms with E-state index < -0.39 is 5.92 Å². The van der Waals surface area contributed by atoms with Crippen molar-refractivity contribution in [2.45, 2.75) is 24.5 Å². The average molecular weight is 440 g/mol. The van der Waals surface area contributed by atoms with Crippen molar-refractivity contribution in [2.75, 3.05) is 20.2 Å². The molecule has 8 nitrogen and oxygen atoms in total. The van der Waals surface area contributed by atoms with Gasteiger partial charge in [-0.25, -0.2) is 0 Å². The number of ether oxygens (including phenoxy) is 1. The molecular formula is C22H25N5O3S. The average Bonchev–Trinajstić information content (AvgIpc) is 3.29. The highest BCUT2D eigenvalue weighted by Crippen LogP contribution is 2.27. The Hall–Kier alpha value is -3.20. The fraction of sp³-hybridized carbons (Fsp3) is 0.318. The summed E-state index contributed by atoms with van der Waals surface area (Å²) in [6, 6.07) is 17.1. The Balaban J connectivity index is 1.76. The second-order valence-electron chi connectivity index (χ2n) is 6.90. The number of rotatable bonds is 9. The minimum atomic E-state index is -0.399. The molecule has 2 aromatic carbocycles. The molecule has 0 radical (unpaired) electrons. The Kier molecular flexibility index (Phi) is 7.77. The first-order valence-electron chi connectivity index (χ1n) is 9.96. The number of nitrogens with zero attached hydrogens (tertiary/aromatic N) is 5. The van der Waals surface area contributed by atoms with Gasteiger partial charge in [0.05, 0.1) is 30.0 Å². The Morgan fingerprint density at radius 3 is 2.55 bits per heavy atom. The zero-order valence-electron chi connectivity index (χ0n) is 17.8. The highest BCUT2D eigenvalue weighted by molar-refractivity contribution is 7.98. The molecule has 0 aliphatic heterocycles. The van der Waals surface area contributed by atoms with Crippen LogP contribution in [-0.2, 0) is 15.3 Å². The number of thioether (sulfide) groups is 1. The maximum absolute atomic E-state index is 13.2. The SMILES string of the molecule is CCN(CC(C)C(=O)OC)C(=O)c1ccccc1SCc1nnnn1-c1ccccc1. The van der Waals surface area contributed by atoms with E-state index in [-0.39, 0.29) is 11.9 Å². The van der Waals surface area contributed by atoms with Gasteiger partial charge in [0.25, 0.3) is 5.91 Å². The van der Waals surface area contributed by atoms with E-state index >= 15 is 0 Å². The summed E-state index contributed by atoms with van der Waals surface area (Å²) in [6.45, 7) is 4.44. The van der Waals surface area contributed by atoms with Gasteiger partial charge in [-0.3, -0.25) is 9.59 Å². The smallest absolute Gasteiger partial charge is 0.310 e. The fourth-order valence-corrected chi connectivity index (χ4v) is 4.06. The maximum Gasteiger partial charge on any atom is 0.310 e. The van der Waals surface area contributed by atoms with Crippen LogP contribution < -0.4 is 0 Å². The molecule has 0 aliphatic carbocycles. The molecule has 162 valence electrons. The molecule has 0 aliphatic rings. The zero-order valence-corrected chi connectivity index (χ0v) is 18.6. The molecule has 9 heteroatoms. The number of hydrogen-bond acceptors (Lipinski definition) is 7. The van der Waals surface area contributed by atoms with Gasteiger partial charge in [-0.15, -0.1) is 16.9 Å². The molecule has 0 spiro atoms. The van der Waals surface area contributed by atoms with Crippen molar-refractivity contribution in [1.82, 2.24) is 25.1 Å². The maximum atomic E-state index is 13.2. The summed E-state index contributed by atoms with van der Waals surface area (Å²) in [4.78, 5) is 27.5. The summed E-state index contributed by atoms with van der Waals surface area (Å²) in [5.74, 6) is 0.330. The number of methoxy groups -OCH3 is 1. The van der Waals surface area contributed by atoms with Crippen LogP contribution in [0.4, 0.5) is 0 Å². The Morgan fingerprint density at radius 1 is 1.13 bits per heavy atom. The van der Waals surface area contributed by atoms with E-state index in [0.29, 0.717) is 30.2 Å². The Morgan fingerprint density at radius 2 is 1.84 bits per heavy atom. The molecule has 0 bridgehead atoms. The highest BCUT2D eigenvalue weighted by atomic mass is 32.2. The Labute approximate surface area is 185 Å². The third kappa shape index (κ3) is 5.49. The van der Waals surface area contributed by atoms with Gasteiger partial charge in [0, 0.05) is 18.0 Å². The molecule has 3 rings (SSSR count). The van der Waals surface area contributed by atoms with Crippen LogP contribution in [0.15, 0.2) is 59.5 Å². The molecule has 1 aromatic heterocycles. The van der Waals surface area contributed by atoms with Crippen molar-refractivity contribution in [1.29, 1.82) is 0 Å². The second-order valence-corrected chi connectivity index (χ2v) is 7.91. The van der Waals surface area contributed by atoms with Gasteiger partial charge >= 0.3 is 5.97 Å². The summed E-state index contributed by atoms with van der Waals surface area (Å²) in [5, 5.41) is 12.0. The highest BCUT2D eigenvalue weighted by Gasteiger charge is 2.23. The fourth-order valence-electron chi connectivity index (χ4n) is 3.11. The number of benzene rings is 2. The number of amides is 1. The lowest BCUT2D eigenvalue weighted by atomic mass is 10.1. The third-order valence-electron chi connectivity index (χ3n) is 4.78. The minimum Gasteiger partial charge on any atom is -0.469 e. The summed E-state index contributed by atoms with van der Waals surface area (Å²) in [6.07, 6.45) is 0. The quantitative estimate of drug-likeness (QED) is 0.373. The van der Waals surface area contributed by atoms with Crippen LogP contribution in [0.3, 0.4) is 0 Å². The van der Waals surface area contributed by atoms with Gasteiger partial charge in [-0.05, 0) is 41.6 Å². The molecule has 1 heterocycles. The van der Waals surface area contributed by atoms with Gasteiger partial charge in [0.2, 0.25) is 0 Å². The normalized spacial score (nSPS) is 11.7. The van der Waals surface area contributed by atoms with Crippen molar-refractivity contribution in [3.8, 4) is 5.69 Å². The first kappa shape index (κ1) is 22.5. The van der Waals surface area contributed by atoms with Crippen molar-refractivity contribution in [2.24, 2.45) is 5.92 Å². The molecule has 0 fully saturated rings. The Bertz CT molecular complexity index is 1020. The van der Waals surface area contributed by atoms with Gasteiger partial charge in [0.1, 0.15) is 0 Å². The summed E-state index contributed by atoms with van der Waals surface area (Å²) in [7, 11) is 1.35. The molecule has 31 heavy (non-hydrogen) atoms. The topological polar surface area (TPSA) is 90.2 Å². The predicted octanol–water partition coefficient (Wildman–Crippen LogP) is 3.23. The summed E-state index contributed by atoms with van der Waals surface area (Å²) >= 11 is 1.50. The van der Waals surface area contributed by atoms with Gasteiger partial charge in [-0.1, -0.05) is 37.3 Å². The van der Waals surface area contributed by atoms with Crippen molar-refractivity contribution >= 4 is 23.6 Å². The second kappa shape index (κ2) is 10.7. The molecule has 1 unspecified atom stereocenters. The van der Waals surface area contributed by atoms with Gasteiger partial charge in [0.15, 0.2) is 5.82 Å². The molecule has 0 N–H and O–H groups in total. The lowest BCUT2D eigenvalue weighted by Gasteiger charge is -2.24. The number of carbonyl (C=O) groups excluding carboxylic acids is 2. The monoisotopic (exact) mass is 439 g/mol. The largest absolute Gasteiger partial charge is 0.469 e. The summed E-state index contributed by atoms with van der Waals surface area (Å²) < 4.78 is 6.48. The molecule has 0 saturated carbocycles. The molecular weight excluding hydrogens is 414 g/mol. The van der Waals surface area contributed by atoms with Crippen LogP contribution in [0.25, 0.3) is 5.69 Å². The standard InChI is InChI=1S/C22H25N5O3S/c1-4-26(14-16(2)22(29)30-3)21(28)18-12-8-9-13-19(18)31-15-20-23-24-25-27(20)17-10-6-5-7-11-17/h5-13,16H,4,14-15H2,1-3H3. The molecule has 1 atom stereocenters. The number of esters is 1. The van der Waals surface area contributed by atoms with Gasteiger partial charge < -0.3 is 9.64 Å². The molecule has 1 amide bonds. The van der Waals surface area contributed by atoms with E-state index in [1.807, 2.05) is 55.5 Å². The van der Waals surface area contributed by atoms with Crippen LogP contribution in [0.2, 0.25) is 0 Å². The van der Waals surface area contributed by atoms with Crippen LogP contribution >= 0.6 is 11.8 Å².